The first-order valence-electron chi connectivity index (χ1n) is 15.2. The highest BCUT2D eigenvalue weighted by atomic mass is 32.1. The fraction of sp³-hybridized carbons (Fsp3) is 0.412. The van der Waals surface area contributed by atoms with Crippen molar-refractivity contribution in [3.63, 3.8) is 0 Å². The minimum atomic E-state index is -0.660. The van der Waals surface area contributed by atoms with E-state index in [0.717, 1.165) is 70.3 Å². The zero-order valence-electron chi connectivity index (χ0n) is 25.7. The van der Waals surface area contributed by atoms with E-state index >= 15 is 0 Å². The van der Waals surface area contributed by atoms with Gasteiger partial charge in [-0.25, -0.2) is 9.97 Å². The van der Waals surface area contributed by atoms with Crippen LogP contribution in [0.15, 0.2) is 54.3 Å². The molecule has 1 aliphatic carbocycles. The number of rotatable bonds is 9. The number of piperidine rings is 1. The third-order valence-electron chi connectivity index (χ3n) is 9.18. The number of aliphatic carboxylic acids is 1. The molecule has 0 radical (unpaired) electrons. The summed E-state index contributed by atoms with van der Waals surface area (Å²) in [6.45, 7) is 5.66. The lowest BCUT2D eigenvalue weighted by atomic mass is 9.83. The maximum Gasteiger partial charge on any atom is 0.306 e. The predicted octanol–water partition coefficient (Wildman–Crippen LogP) is 6.09. The molecule has 2 bridgehead atoms. The molecule has 1 saturated carbocycles. The summed E-state index contributed by atoms with van der Waals surface area (Å²) in [5.41, 5.74) is 6.53. The number of anilines is 1. The largest absolute Gasteiger partial charge is 0.488 e. The number of nitrogens with zero attached hydrogens (tertiary/aromatic N) is 5. The van der Waals surface area contributed by atoms with E-state index in [1.54, 1.807) is 35.8 Å². The van der Waals surface area contributed by atoms with E-state index in [9.17, 15) is 14.7 Å². The molecule has 10 heteroatoms. The number of carboxylic acid groups (broad SMARTS) is 1. The first-order chi connectivity index (χ1) is 21.2. The molecule has 4 aromatic rings. The average Bonchev–Trinajstić information content (AvgIpc) is 3.54. The van der Waals surface area contributed by atoms with Crippen LogP contribution in [0.5, 0.6) is 5.75 Å². The molecule has 2 unspecified atom stereocenters. The van der Waals surface area contributed by atoms with Gasteiger partial charge in [0, 0.05) is 49.4 Å². The van der Waals surface area contributed by atoms with Gasteiger partial charge in [-0.2, -0.15) is 0 Å². The Morgan fingerprint density at radius 1 is 1.16 bits per heavy atom. The monoisotopic (exact) mass is 613 g/mol. The summed E-state index contributed by atoms with van der Waals surface area (Å²) < 4.78 is 8.30. The number of benzene rings is 2. The van der Waals surface area contributed by atoms with Gasteiger partial charge in [0.2, 0.25) is 0 Å². The molecule has 3 aliphatic rings. The third-order valence-corrected chi connectivity index (χ3v) is 10.1. The summed E-state index contributed by atoms with van der Waals surface area (Å²) in [4.78, 5) is 38.2. The van der Waals surface area contributed by atoms with Crippen LogP contribution in [0.1, 0.15) is 58.4 Å². The Morgan fingerprint density at radius 2 is 2.00 bits per heavy atom. The molecular formula is C34H39N5O4S. The topological polar surface area (TPSA) is 101 Å². The van der Waals surface area contributed by atoms with Gasteiger partial charge in [0.05, 0.1) is 30.2 Å². The quantitative estimate of drug-likeness (QED) is 0.244. The van der Waals surface area contributed by atoms with Crippen molar-refractivity contribution in [1.29, 1.82) is 0 Å². The van der Waals surface area contributed by atoms with Crippen LogP contribution in [0.3, 0.4) is 0 Å². The molecule has 44 heavy (non-hydrogen) atoms. The van der Waals surface area contributed by atoms with Crippen LogP contribution in [0.2, 0.25) is 0 Å². The zero-order chi connectivity index (χ0) is 31.0. The summed E-state index contributed by atoms with van der Waals surface area (Å²) in [5, 5.41) is 12.8. The number of fused-ring (bicyclic) bond motifs is 4. The highest BCUT2D eigenvalue weighted by molar-refractivity contribution is 7.14. The fourth-order valence-corrected chi connectivity index (χ4v) is 7.48. The van der Waals surface area contributed by atoms with Gasteiger partial charge in [0.15, 0.2) is 5.13 Å². The Hall–Kier alpha value is -4.18. The second kappa shape index (κ2) is 12.4. The van der Waals surface area contributed by atoms with Crippen molar-refractivity contribution in [3.8, 4) is 17.0 Å². The van der Waals surface area contributed by atoms with Crippen molar-refractivity contribution < 1.29 is 19.4 Å². The van der Waals surface area contributed by atoms with Gasteiger partial charge in [-0.15, -0.1) is 11.3 Å². The van der Waals surface area contributed by atoms with Crippen LogP contribution >= 0.6 is 11.3 Å². The number of aryl methyl sites for hydroxylation is 3. The molecule has 230 valence electrons. The molecule has 2 aromatic carbocycles. The SMILES string of the molecule is Cc1ccc(OCc2ccc(C(=O)N(C)Cc3cncn3C)cc2C)c(-c2csc(N3CC4CCCC3C[C@@H]4C(=O)O)n2)c1. The third kappa shape index (κ3) is 6.08. The summed E-state index contributed by atoms with van der Waals surface area (Å²) in [5.74, 6) is -0.0298. The van der Waals surface area contributed by atoms with Gasteiger partial charge in [-0.3, -0.25) is 9.59 Å². The van der Waals surface area contributed by atoms with Crippen molar-refractivity contribution in [2.24, 2.45) is 18.9 Å². The molecule has 3 fully saturated rings. The first kappa shape index (κ1) is 29.9. The minimum Gasteiger partial charge on any atom is -0.488 e. The predicted molar refractivity (Wildman–Crippen MR) is 171 cm³/mol. The molecule has 3 atom stereocenters. The molecule has 2 saturated heterocycles. The van der Waals surface area contributed by atoms with E-state index in [1.807, 2.05) is 48.9 Å². The fourth-order valence-electron chi connectivity index (χ4n) is 6.57. The number of amides is 1. The van der Waals surface area contributed by atoms with Crippen LogP contribution < -0.4 is 9.64 Å². The average molecular weight is 614 g/mol. The summed E-state index contributed by atoms with van der Waals surface area (Å²) in [7, 11) is 3.72. The van der Waals surface area contributed by atoms with E-state index in [1.165, 1.54) is 0 Å². The minimum absolute atomic E-state index is 0.0435. The number of imidazole rings is 1. The number of ether oxygens (including phenoxy) is 1. The summed E-state index contributed by atoms with van der Waals surface area (Å²) in [6.07, 6.45) is 7.25. The van der Waals surface area contributed by atoms with Gasteiger partial charge >= 0.3 is 5.97 Å². The summed E-state index contributed by atoms with van der Waals surface area (Å²) in [6, 6.07) is 12.1. The number of hydrogen-bond acceptors (Lipinski definition) is 7. The second-order valence-corrected chi connectivity index (χ2v) is 13.1. The highest BCUT2D eigenvalue weighted by Crippen LogP contribution is 2.42. The number of aromatic nitrogens is 3. The molecule has 1 amide bonds. The zero-order valence-corrected chi connectivity index (χ0v) is 26.5. The lowest BCUT2D eigenvalue weighted by Gasteiger charge is -2.39. The maximum absolute atomic E-state index is 13.1. The number of hydrogen-bond donors (Lipinski definition) is 1. The van der Waals surface area contributed by atoms with Crippen molar-refractivity contribution in [1.82, 2.24) is 19.4 Å². The lowest BCUT2D eigenvalue weighted by Crippen LogP contribution is -2.47. The normalized spacial score (nSPS) is 19.5. The van der Waals surface area contributed by atoms with Crippen molar-refractivity contribution in [3.05, 3.63) is 82.3 Å². The molecule has 7 rings (SSSR count). The number of carboxylic acids is 1. The van der Waals surface area contributed by atoms with Crippen molar-refractivity contribution in [2.75, 3.05) is 18.5 Å². The Kier molecular flexibility index (Phi) is 8.44. The van der Waals surface area contributed by atoms with E-state index in [2.05, 4.69) is 28.3 Å². The Morgan fingerprint density at radius 3 is 2.75 bits per heavy atom. The molecule has 4 heterocycles. The highest BCUT2D eigenvalue weighted by Gasteiger charge is 2.42. The Bertz CT molecular complexity index is 1680. The van der Waals surface area contributed by atoms with Gasteiger partial charge in [-0.05, 0) is 74.4 Å². The summed E-state index contributed by atoms with van der Waals surface area (Å²) >= 11 is 1.62. The van der Waals surface area contributed by atoms with E-state index < -0.39 is 5.97 Å². The van der Waals surface area contributed by atoms with E-state index in [4.69, 9.17) is 9.72 Å². The number of carbonyl (C=O) groups is 2. The molecular weight excluding hydrogens is 574 g/mol. The molecule has 2 aromatic heterocycles. The molecule has 9 nitrogen and oxygen atoms in total. The number of carbonyl (C=O) groups excluding carboxylic acids is 1. The van der Waals surface area contributed by atoms with E-state index in [-0.39, 0.29) is 23.8 Å². The van der Waals surface area contributed by atoms with Crippen LogP contribution in [-0.4, -0.2) is 56.1 Å². The standard InChI is InChI=1S/C34H39N5O4S/c1-21-8-11-31(43-18-25-10-9-23(13-22(25)2)32(40)37(3)17-27-15-35-20-38(27)4)29(12-21)30-19-44-34(36-30)39-16-24-6-5-7-26(39)14-28(24)33(41)42/h8-13,15,19-20,24,26,28H,5-7,14,16-18H2,1-4H3,(H,41,42)/t24?,26?,28-/m0/s1. The van der Waals surface area contributed by atoms with Crippen molar-refractivity contribution >= 4 is 28.3 Å². The van der Waals surface area contributed by atoms with Gasteiger partial charge in [0.1, 0.15) is 12.4 Å². The molecule has 1 N–H and O–H groups in total. The van der Waals surface area contributed by atoms with Gasteiger partial charge in [-0.1, -0.05) is 24.1 Å². The maximum atomic E-state index is 13.1. The second-order valence-electron chi connectivity index (χ2n) is 12.3. The van der Waals surface area contributed by atoms with Gasteiger partial charge in [0.25, 0.3) is 5.91 Å². The Labute approximate surface area is 262 Å². The van der Waals surface area contributed by atoms with Crippen LogP contribution in [0.25, 0.3) is 11.3 Å². The molecule has 2 aliphatic heterocycles. The van der Waals surface area contributed by atoms with Crippen LogP contribution in [-0.2, 0) is 25.0 Å². The number of thiazole rings is 1. The van der Waals surface area contributed by atoms with Crippen LogP contribution in [0, 0.1) is 25.7 Å². The van der Waals surface area contributed by atoms with Crippen molar-refractivity contribution in [2.45, 2.75) is 58.7 Å². The Balaban J connectivity index is 1.16. The van der Waals surface area contributed by atoms with Crippen LogP contribution in [0.4, 0.5) is 5.13 Å². The first-order valence-corrected chi connectivity index (χ1v) is 16.0. The smallest absolute Gasteiger partial charge is 0.306 e. The molecule has 0 spiro atoms. The van der Waals surface area contributed by atoms with Gasteiger partial charge < -0.3 is 24.2 Å². The lowest BCUT2D eigenvalue weighted by molar-refractivity contribution is -0.144. The van der Waals surface area contributed by atoms with E-state index in [0.29, 0.717) is 25.1 Å².